The van der Waals surface area contributed by atoms with Crippen LogP contribution in [0.4, 0.5) is 0 Å². The largest absolute Gasteiger partial charge is 0.385 e. The first-order valence-electron chi connectivity index (χ1n) is 4.42. The van der Waals surface area contributed by atoms with E-state index in [0.29, 0.717) is 13.2 Å². The molecule has 1 aliphatic rings. The Hall–Kier alpha value is -0.260. The number of carbonyl (C=O) groups is 1. The molecule has 0 aromatic heterocycles. The quantitative estimate of drug-likeness (QED) is 0.609. The Morgan fingerprint density at radius 2 is 2.62 bits per heavy atom. The summed E-state index contributed by atoms with van der Waals surface area (Å²) < 4.78 is 4.88. The van der Waals surface area contributed by atoms with Gasteiger partial charge in [0, 0.05) is 31.9 Å². The van der Waals surface area contributed by atoms with E-state index in [-0.39, 0.29) is 11.9 Å². The van der Waals surface area contributed by atoms with E-state index in [9.17, 15) is 4.79 Å². The fourth-order valence-corrected chi connectivity index (χ4v) is 2.06. The average Bonchev–Trinajstić information content (AvgIpc) is 2.65. The fraction of sp³-hybridized carbons (Fsp3) is 0.875. The molecule has 1 amide bonds. The Balaban J connectivity index is 2.03. The Bertz CT molecular complexity index is 160. The third kappa shape index (κ3) is 3.97. The SMILES string of the molecule is COCCCNC(=O)C1CSCN1. The van der Waals surface area contributed by atoms with Crippen molar-refractivity contribution in [1.82, 2.24) is 10.6 Å². The Morgan fingerprint density at radius 3 is 3.23 bits per heavy atom. The van der Waals surface area contributed by atoms with Crippen LogP contribution >= 0.6 is 11.8 Å². The summed E-state index contributed by atoms with van der Waals surface area (Å²) in [7, 11) is 1.66. The van der Waals surface area contributed by atoms with E-state index < -0.39 is 0 Å². The number of thioether (sulfide) groups is 1. The minimum absolute atomic E-state index is 0.00699. The summed E-state index contributed by atoms with van der Waals surface area (Å²) >= 11 is 1.76. The van der Waals surface area contributed by atoms with Gasteiger partial charge in [0.15, 0.2) is 0 Å². The van der Waals surface area contributed by atoms with Crippen LogP contribution in [-0.4, -0.2) is 43.8 Å². The van der Waals surface area contributed by atoms with Crippen molar-refractivity contribution in [3.8, 4) is 0 Å². The second-order valence-electron chi connectivity index (χ2n) is 2.91. The topological polar surface area (TPSA) is 50.4 Å². The predicted octanol–water partition coefficient (Wildman–Crippen LogP) is -0.198. The highest BCUT2D eigenvalue weighted by Gasteiger charge is 2.21. The highest BCUT2D eigenvalue weighted by atomic mass is 32.2. The Morgan fingerprint density at radius 1 is 1.77 bits per heavy atom. The first-order chi connectivity index (χ1) is 6.34. The lowest BCUT2D eigenvalue weighted by molar-refractivity contribution is -0.122. The molecule has 2 N–H and O–H groups in total. The zero-order chi connectivity index (χ0) is 9.52. The molecule has 0 aromatic rings. The molecule has 1 rings (SSSR count). The van der Waals surface area contributed by atoms with E-state index in [1.165, 1.54) is 0 Å². The molecule has 1 atom stereocenters. The number of amides is 1. The average molecular weight is 204 g/mol. The lowest BCUT2D eigenvalue weighted by atomic mass is 10.3. The van der Waals surface area contributed by atoms with Crippen LogP contribution in [0.2, 0.25) is 0 Å². The molecule has 1 heterocycles. The number of rotatable bonds is 5. The fourth-order valence-electron chi connectivity index (χ4n) is 1.11. The summed E-state index contributed by atoms with van der Waals surface area (Å²) in [6.07, 6.45) is 0.877. The first kappa shape index (κ1) is 10.8. The molecule has 0 aliphatic carbocycles. The molecule has 1 fully saturated rings. The monoisotopic (exact) mass is 204 g/mol. The highest BCUT2D eigenvalue weighted by molar-refractivity contribution is 7.99. The van der Waals surface area contributed by atoms with Crippen molar-refractivity contribution < 1.29 is 9.53 Å². The summed E-state index contributed by atoms with van der Waals surface area (Å²) in [5.74, 6) is 1.88. The standard InChI is InChI=1S/C8H16N2O2S/c1-12-4-2-3-9-8(11)7-5-13-6-10-7/h7,10H,2-6H2,1H3,(H,9,11). The van der Waals surface area contributed by atoms with Gasteiger partial charge in [0.1, 0.15) is 0 Å². The maximum absolute atomic E-state index is 11.4. The number of hydrogen-bond acceptors (Lipinski definition) is 4. The lowest BCUT2D eigenvalue weighted by Crippen LogP contribution is -2.42. The molecule has 13 heavy (non-hydrogen) atoms. The van der Waals surface area contributed by atoms with Crippen molar-refractivity contribution in [2.24, 2.45) is 0 Å². The van der Waals surface area contributed by atoms with E-state index in [2.05, 4.69) is 10.6 Å². The number of hydrogen-bond donors (Lipinski definition) is 2. The molecular weight excluding hydrogens is 188 g/mol. The van der Waals surface area contributed by atoms with Crippen LogP contribution in [0.5, 0.6) is 0 Å². The summed E-state index contributed by atoms with van der Waals surface area (Å²) in [5, 5.41) is 5.98. The molecule has 4 nitrogen and oxygen atoms in total. The second-order valence-corrected chi connectivity index (χ2v) is 3.94. The van der Waals surface area contributed by atoms with E-state index >= 15 is 0 Å². The zero-order valence-electron chi connectivity index (χ0n) is 7.84. The molecule has 0 radical (unpaired) electrons. The minimum atomic E-state index is 0.00699. The lowest BCUT2D eigenvalue weighted by Gasteiger charge is -2.09. The third-order valence-corrected chi connectivity index (χ3v) is 2.80. The van der Waals surface area contributed by atoms with Gasteiger partial charge in [0.05, 0.1) is 6.04 Å². The number of methoxy groups -OCH3 is 1. The van der Waals surface area contributed by atoms with Crippen LogP contribution in [0.3, 0.4) is 0 Å². The molecule has 1 saturated heterocycles. The van der Waals surface area contributed by atoms with Gasteiger partial charge in [-0.15, -0.1) is 11.8 Å². The number of carbonyl (C=O) groups excluding carboxylic acids is 1. The van der Waals surface area contributed by atoms with Gasteiger partial charge in [-0.25, -0.2) is 0 Å². The van der Waals surface area contributed by atoms with Crippen LogP contribution in [0, 0.1) is 0 Å². The molecular formula is C8H16N2O2S. The van der Waals surface area contributed by atoms with Gasteiger partial charge in [-0.3, -0.25) is 10.1 Å². The molecule has 76 valence electrons. The summed E-state index contributed by atoms with van der Waals surface area (Å²) in [6.45, 7) is 1.41. The van der Waals surface area contributed by atoms with Crippen LogP contribution in [0.25, 0.3) is 0 Å². The van der Waals surface area contributed by atoms with E-state index in [0.717, 1.165) is 18.1 Å². The van der Waals surface area contributed by atoms with Crippen molar-refractivity contribution in [2.75, 3.05) is 31.9 Å². The molecule has 1 aliphatic heterocycles. The summed E-state index contributed by atoms with van der Waals surface area (Å²) in [6, 6.07) is 0.00699. The van der Waals surface area contributed by atoms with Crippen molar-refractivity contribution in [2.45, 2.75) is 12.5 Å². The van der Waals surface area contributed by atoms with Crippen molar-refractivity contribution in [1.29, 1.82) is 0 Å². The van der Waals surface area contributed by atoms with Crippen molar-refractivity contribution in [3.05, 3.63) is 0 Å². The van der Waals surface area contributed by atoms with E-state index in [1.54, 1.807) is 18.9 Å². The first-order valence-corrected chi connectivity index (χ1v) is 5.58. The Labute approximate surface area is 82.8 Å². The summed E-state index contributed by atoms with van der Waals surface area (Å²) in [5.41, 5.74) is 0. The molecule has 0 bridgehead atoms. The van der Waals surface area contributed by atoms with Crippen molar-refractivity contribution >= 4 is 17.7 Å². The van der Waals surface area contributed by atoms with Crippen LogP contribution in [0.1, 0.15) is 6.42 Å². The number of ether oxygens (including phenoxy) is 1. The highest BCUT2D eigenvalue weighted by Crippen LogP contribution is 2.08. The normalized spacial score (nSPS) is 21.8. The van der Waals surface area contributed by atoms with Crippen LogP contribution in [-0.2, 0) is 9.53 Å². The summed E-state index contributed by atoms with van der Waals surface area (Å²) in [4.78, 5) is 11.4. The molecule has 0 aromatic carbocycles. The maximum Gasteiger partial charge on any atom is 0.238 e. The van der Waals surface area contributed by atoms with Crippen LogP contribution < -0.4 is 10.6 Å². The number of nitrogens with one attached hydrogen (secondary N) is 2. The maximum atomic E-state index is 11.4. The molecule has 0 spiro atoms. The minimum Gasteiger partial charge on any atom is -0.385 e. The van der Waals surface area contributed by atoms with Gasteiger partial charge in [0.25, 0.3) is 0 Å². The van der Waals surface area contributed by atoms with Gasteiger partial charge in [0.2, 0.25) is 5.91 Å². The van der Waals surface area contributed by atoms with E-state index in [1.807, 2.05) is 0 Å². The van der Waals surface area contributed by atoms with Gasteiger partial charge in [-0.2, -0.15) is 0 Å². The van der Waals surface area contributed by atoms with Gasteiger partial charge in [-0.1, -0.05) is 0 Å². The smallest absolute Gasteiger partial charge is 0.238 e. The zero-order valence-corrected chi connectivity index (χ0v) is 8.65. The van der Waals surface area contributed by atoms with E-state index in [4.69, 9.17) is 4.74 Å². The molecule has 5 heteroatoms. The van der Waals surface area contributed by atoms with Crippen molar-refractivity contribution in [3.63, 3.8) is 0 Å². The second kappa shape index (κ2) is 6.23. The predicted molar refractivity (Wildman–Crippen MR) is 53.8 cm³/mol. The van der Waals surface area contributed by atoms with Crippen LogP contribution in [0.15, 0.2) is 0 Å². The third-order valence-electron chi connectivity index (χ3n) is 1.86. The van der Waals surface area contributed by atoms with Gasteiger partial charge >= 0.3 is 0 Å². The van der Waals surface area contributed by atoms with Gasteiger partial charge < -0.3 is 10.1 Å². The molecule has 0 saturated carbocycles. The van der Waals surface area contributed by atoms with Gasteiger partial charge in [-0.05, 0) is 6.42 Å². The Kier molecular flexibility index (Phi) is 5.19. The molecule has 1 unspecified atom stereocenters.